The second kappa shape index (κ2) is 4.78. The molecule has 1 aliphatic rings. The molecule has 0 unspecified atom stereocenters. The predicted molar refractivity (Wildman–Crippen MR) is 69.2 cm³/mol. The molecule has 0 radical (unpaired) electrons. The lowest BCUT2D eigenvalue weighted by molar-refractivity contribution is 0.0926. The zero-order valence-corrected chi connectivity index (χ0v) is 10.1. The van der Waals surface area contributed by atoms with Crippen LogP contribution in [0.1, 0.15) is 23.3 Å². The Hall–Kier alpha value is -1.88. The fraction of sp³-hybridized carbons (Fsp3) is 0.385. The number of carbonyl (C=O) groups is 1. The van der Waals surface area contributed by atoms with Crippen LogP contribution in [0.4, 0.5) is 0 Å². The van der Waals surface area contributed by atoms with Gasteiger partial charge in [0.05, 0.1) is 12.2 Å². The third kappa shape index (κ3) is 2.09. The third-order valence-electron chi connectivity index (χ3n) is 3.35. The first-order valence-corrected chi connectivity index (χ1v) is 6.28. The Morgan fingerprint density at radius 3 is 2.94 bits per heavy atom. The van der Waals surface area contributed by atoms with Crippen LogP contribution in [0.2, 0.25) is 0 Å². The van der Waals surface area contributed by atoms with E-state index in [-0.39, 0.29) is 5.91 Å². The monoisotopic (exact) mass is 244 g/mol. The fourth-order valence-electron chi connectivity index (χ4n) is 2.34. The molecule has 1 aromatic heterocycles. The zero-order valence-electron chi connectivity index (χ0n) is 10.1. The van der Waals surface area contributed by atoms with Crippen LogP contribution in [0.3, 0.4) is 0 Å². The quantitative estimate of drug-likeness (QED) is 0.856. The van der Waals surface area contributed by atoms with E-state index in [0.717, 1.165) is 24.0 Å². The van der Waals surface area contributed by atoms with Gasteiger partial charge in [0.2, 0.25) is 0 Å². The lowest BCUT2D eigenvalue weighted by Crippen LogP contribution is -2.36. The van der Waals surface area contributed by atoms with Gasteiger partial charge in [-0.15, -0.1) is 0 Å². The molecule has 1 saturated heterocycles. The average Bonchev–Trinajstić information content (AvgIpc) is 3.05. The maximum absolute atomic E-state index is 12.1. The topological polar surface area (TPSA) is 61.0 Å². The normalized spacial score (nSPS) is 16.2. The number of aromatic amines is 1. The highest BCUT2D eigenvalue weighted by Crippen LogP contribution is 2.14. The van der Waals surface area contributed by atoms with Crippen molar-refractivity contribution in [3.63, 3.8) is 0 Å². The Morgan fingerprint density at radius 1 is 1.33 bits per heavy atom. The fourth-order valence-corrected chi connectivity index (χ4v) is 2.34. The lowest BCUT2D eigenvalue weighted by Gasteiger charge is -2.14. The van der Waals surface area contributed by atoms with Crippen molar-refractivity contribution in [3.05, 3.63) is 30.0 Å². The number of aromatic nitrogens is 2. The number of nitrogens with one attached hydrogen (secondary N) is 2. The first-order chi connectivity index (χ1) is 8.84. The highest BCUT2D eigenvalue weighted by atomic mass is 16.2. The number of hydrogen-bond donors (Lipinski definition) is 2. The van der Waals surface area contributed by atoms with Gasteiger partial charge in [0, 0.05) is 5.39 Å². The minimum absolute atomic E-state index is 0.112. The van der Waals surface area contributed by atoms with Crippen molar-refractivity contribution in [1.82, 2.24) is 20.4 Å². The summed E-state index contributed by atoms with van der Waals surface area (Å²) in [6, 6.07) is 7.66. The number of benzene rings is 1. The van der Waals surface area contributed by atoms with Crippen LogP contribution in [0, 0.1) is 0 Å². The smallest absolute Gasteiger partial charge is 0.273 e. The first kappa shape index (κ1) is 11.2. The molecule has 2 aromatic rings. The van der Waals surface area contributed by atoms with Gasteiger partial charge in [-0.25, -0.2) is 0 Å². The van der Waals surface area contributed by atoms with Crippen molar-refractivity contribution in [2.45, 2.75) is 12.8 Å². The summed E-state index contributed by atoms with van der Waals surface area (Å²) in [6.07, 6.45) is 2.45. The number of amides is 1. The molecule has 1 aromatic carbocycles. The molecule has 94 valence electrons. The van der Waals surface area contributed by atoms with Crippen LogP contribution in [0.15, 0.2) is 24.3 Å². The van der Waals surface area contributed by atoms with Gasteiger partial charge < -0.3 is 5.32 Å². The van der Waals surface area contributed by atoms with E-state index in [0.29, 0.717) is 12.4 Å². The highest BCUT2D eigenvalue weighted by molar-refractivity contribution is 6.04. The van der Waals surface area contributed by atoms with E-state index in [9.17, 15) is 4.79 Å². The number of carbonyl (C=O) groups excluding carboxylic acids is 1. The summed E-state index contributed by atoms with van der Waals surface area (Å²) >= 11 is 0. The summed E-state index contributed by atoms with van der Waals surface area (Å²) in [5.41, 5.74) is 1.37. The van der Waals surface area contributed by atoms with Crippen LogP contribution in [0.5, 0.6) is 0 Å². The maximum atomic E-state index is 12.1. The summed E-state index contributed by atoms with van der Waals surface area (Å²) in [6.45, 7) is 2.75. The molecule has 0 saturated carbocycles. The SMILES string of the molecule is O=C(NCN1CCCC1)c1n[nH]c2ccccc12. The number of para-hydroxylation sites is 1. The van der Waals surface area contributed by atoms with Crippen molar-refractivity contribution in [2.75, 3.05) is 19.8 Å². The average molecular weight is 244 g/mol. The number of rotatable bonds is 3. The number of likely N-dealkylation sites (tertiary alicyclic amines) is 1. The first-order valence-electron chi connectivity index (χ1n) is 6.28. The molecule has 1 aliphatic heterocycles. The Morgan fingerprint density at radius 2 is 2.11 bits per heavy atom. The molecule has 3 rings (SSSR count). The molecule has 1 fully saturated rings. The summed E-state index contributed by atoms with van der Waals surface area (Å²) in [5, 5.41) is 10.8. The van der Waals surface area contributed by atoms with Gasteiger partial charge in [0.1, 0.15) is 0 Å². The third-order valence-corrected chi connectivity index (χ3v) is 3.35. The van der Waals surface area contributed by atoms with Crippen molar-refractivity contribution >= 4 is 16.8 Å². The second-order valence-electron chi connectivity index (χ2n) is 4.61. The van der Waals surface area contributed by atoms with Crippen LogP contribution in [0.25, 0.3) is 10.9 Å². The molecule has 2 heterocycles. The van der Waals surface area contributed by atoms with Crippen LogP contribution < -0.4 is 5.32 Å². The van der Waals surface area contributed by atoms with Crippen molar-refractivity contribution < 1.29 is 4.79 Å². The molecule has 0 aliphatic carbocycles. The number of hydrogen-bond acceptors (Lipinski definition) is 3. The Bertz CT molecular complexity index is 557. The molecule has 5 nitrogen and oxygen atoms in total. The van der Waals surface area contributed by atoms with E-state index < -0.39 is 0 Å². The van der Waals surface area contributed by atoms with Gasteiger partial charge >= 0.3 is 0 Å². The summed E-state index contributed by atoms with van der Waals surface area (Å²) < 4.78 is 0. The van der Waals surface area contributed by atoms with E-state index >= 15 is 0 Å². The van der Waals surface area contributed by atoms with E-state index in [1.807, 2.05) is 24.3 Å². The Labute approximate surface area is 105 Å². The molecule has 0 spiro atoms. The summed E-state index contributed by atoms with van der Waals surface area (Å²) in [4.78, 5) is 14.3. The predicted octanol–water partition coefficient (Wildman–Crippen LogP) is 1.35. The van der Waals surface area contributed by atoms with E-state index in [2.05, 4.69) is 20.4 Å². The standard InChI is InChI=1S/C13H16N4O/c18-13(14-9-17-7-3-4-8-17)12-10-5-1-2-6-11(10)15-16-12/h1-2,5-6H,3-4,7-9H2,(H,14,18)(H,15,16). The number of nitrogens with zero attached hydrogens (tertiary/aromatic N) is 2. The van der Waals surface area contributed by atoms with E-state index in [4.69, 9.17) is 0 Å². The van der Waals surface area contributed by atoms with Crippen molar-refractivity contribution in [3.8, 4) is 0 Å². The molecule has 0 atom stereocenters. The Balaban J connectivity index is 1.71. The maximum Gasteiger partial charge on any atom is 0.273 e. The summed E-state index contributed by atoms with van der Waals surface area (Å²) in [5.74, 6) is -0.112. The van der Waals surface area contributed by atoms with Gasteiger partial charge in [0.25, 0.3) is 5.91 Å². The van der Waals surface area contributed by atoms with Crippen LogP contribution >= 0.6 is 0 Å². The van der Waals surface area contributed by atoms with Crippen LogP contribution in [-0.4, -0.2) is 40.8 Å². The van der Waals surface area contributed by atoms with Gasteiger partial charge in [-0.05, 0) is 32.0 Å². The largest absolute Gasteiger partial charge is 0.338 e. The van der Waals surface area contributed by atoms with Crippen molar-refractivity contribution in [1.29, 1.82) is 0 Å². The number of H-pyrrole nitrogens is 1. The number of fused-ring (bicyclic) bond motifs is 1. The lowest BCUT2D eigenvalue weighted by atomic mass is 10.2. The van der Waals surface area contributed by atoms with Crippen molar-refractivity contribution in [2.24, 2.45) is 0 Å². The van der Waals surface area contributed by atoms with E-state index in [1.54, 1.807) is 0 Å². The molecule has 2 N–H and O–H groups in total. The minimum atomic E-state index is -0.112. The van der Waals surface area contributed by atoms with E-state index in [1.165, 1.54) is 12.8 Å². The highest BCUT2D eigenvalue weighted by Gasteiger charge is 2.16. The van der Waals surface area contributed by atoms with Gasteiger partial charge in [0.15, 0.2) is 5.69 Å². The van der Waals surface area contributed by atoms with Gasteiger partial charge in [-0.1, -0.05) is 18.2 Å². The Kier molecular flexibility index (Phi) is 2.98. The molecular formula is C13H16N4O. The molecule has 5 heteroatoms. The van der Waals surface area contributed by atoms with Crippen LogP contribution in [-0.2, 0) is 0 Å². The zero-order chi connectivity index (χ0) is 12.4. The van der Waals surface area contributed by atoms with Gasteiger partial charge in [-0.2, -0.15) is 5.10 Å². The van der Waals surface area contributed by atoms with Gasteiger partial charge in [-0.3, -0.25) is 14.8 Å². The molecule has 1 amide bonds. The summed E-state index contributed by atoms with van der Waals surface area (Å²) in [7, 11) is 0. The molecular weight excluding hydrogens is 228 g/mol. The molecule has 18 heavy (non-hydrogen) atoms. The second-order valence-corrected chi connectivity index (χ2v) is 4.61. The molecule has 0 bridgehead atoms. The minimum Gasteiger partial charge on any atom is -0.338 e.